The van der Waals surface area contributed by atoms with Gasteiger partial charge < -0.3 is 4.74 Å². The molecular formula is C12H19NO4S2. The minimum absolute atomic E-state index is 0.305. The molecule has 1 aromatic heterocycles. The topological polar surface area (TPSA) is 72.5 Å². The van der Waals surface area contributed by atoms with Gasteiger partial charge in [0.15, 0.2) is 0 Å². The van der Waals surface area contributed by atoms with Gasteiger partial charge in [0, 0.05) is 11.4 Å². The number of rotatable bonds is 8. The Balaban J connectivity index is 2.41. The highest BCUT2D eigenvalue weighted by Gasteiger charge is 2.10. The number of carbonyl (C=O) groups excluding carboxylic acids is 1. The molecule has 0 bridgehead atoms. The van der Waals surface area contributed by atoms with E-state index < -0.39 is 10.0 Å². The molecule has 0 saturated heterocycles. The smallest absolute Gasteiger partial charge is 0.348 e. The number of esters is 1. The van der Waals surface area contributed by atoms with Crippen LogP contribution in [0.3, 0.4) is 0 Å². The van der Waals surface area contributed by atoms with Crippen LogP contribution < -0.4 is 4.72 Å². The minimum Gasteiger partial charge on any atom is -0.462 e. The largest absolute Gasteiger partial charge is 0.462 e. The minimum atomic E-state index is -3.16. The summed E-state index contributed by atoms with van der Waals surface area (Å²) < 4.78 is 29.3. The van der Waals surface area contributed by atoms with Crippen molar-refractivity contribution in [2.45, 2.75) is 26.2 Å². The number of unbranched alkanes of at least 4 members (excludes halogenated alkanes) is 1. The molecule has 0 amide bonds. The second-order valence-corrected chi connectivity index (χ2v) is 7.17. The summed E-state index contributed by atoms with van der Waals surface area (Å²) in [5.41, 5.74) is 0. The lowest BCUT2D eigenvalue weighted by molar-refractivity contribution is 0.0505. The molecule has 0 unspecified atom stereocenters. The van der Waals surface area contributed by atoms with Crippen LogP contribution in [0.15, 0.2) is 12.1 Å². The number of nitrogens with one attached hydrogen (secondary N) is 1. The third kappa shape index (κ3) is 6.70. The Bertz CT molecular complexity index is 508. The predicted octanol–water partition coefficient (Wildman–Crippen LogP) is 1.80. The van der Waals surface area contributed by atoms with E-state index in [0.717, 1.165) is 24.0 Å². The molecule has 0 aliphatic rings. The fourth-order valence-corrected chi connectivity index (χ4v) is 2.74. The molecule has 0 aliphatic heterocycles. The number of hydrogen-bond acceptors (Lipinski definition) is 5. The first kappa shape index (κ1) is 16.1. The predicted molar refractivity (Wildman–Crippen MR) is 76.1 cm³/mol. The zero-order chi connectivity index (χ0) is 14.3. The van der Waals surface area contributed by atoms with Crippen LogP contribution in [0.5, 0.6) is 0 Å². The molecule has 1 rings (SSSR count). The van der Waals surface area contributed by atoms with E-state index >= 15 is 0 Å². The van der Waals surface area contributed by atoms with Gasteiger partial charge in [0.2, 0.25) is 10.0 Å². The molecule has 7 heteroatoms. The second kappa shape index (κ2) is 7.62. The zero-order valence-corrected chi connectivity index (χ0v) is 12.8. The number of carbonyl (C=O) groups is 1. The summed E-state index contributed by atoms with van der Waals surface area (Å²) in [4.78, 5) is 13.2. The number of thiophene rings is 1. The summed E-state index contributed by atoms with van der Waals surface area (Å²) in [6.07, 6.45) is 3.54. The third-order valence-electron chi connectivity index (χ3n) is 2.33. The van der Waals surface area contributed by atoms with Crippen LogP contribution in [0.1, 0.15) is 34.3 Å². The molecule has 0 spiro atoms. The molecule has 0 atom stereocenters. The van der Waals surface area contributed by atoms with E-state index in [-0.39, 0.29) is 5.97 Å². The molecule has 1 N–H and O–H groups in total. The first-order chi connectivity index (χ1) is 8.92. The van der Waals surface area contributed by atoms with Crippen molar-refractivity contribution in [2.24, 2.45) is 0 Å². The van der Waals surface area contributed by atoms with Crippen LogP contribution in [-0.4, -0.2) is 33.8 Å². The Morgan fingerprint density at radius 3 is 2.79 bits per heavy atom. The Kier molecular flexibility index (Phi) is 6.47. The molecule has 0 saturated carbocycles. The summed E-state index contributed by atoms with van der Waals surface area (Å²) >= 11 is 1.34. The van der Waals surface area contributed by atoms with Crippen molar-refractivity contribution >= 4 is 27.3 Å². The SMILES string of the molecule is CCCCOC(=O)c1ccc(CCNS(C)(=O)=O)s1. The van der Waals surface area contributed by atoms with Crippen molar-refractivity contribution in [2.75, 3.05) is 19.4 Å². The highest BCUT2D eigenvalue weighted by atomic mass is 32.2. The van der Waals surface area contributed by atoms with Crippen LogP contribution in [0, 0.1) is 0 Å². The lowest BCUT2D eigenvalue weighted by Gasteiger charge is -2.01. The highest BCUT2D eigenvalue weighted by Crippen LogP contribution is 2.18. The van der Waals surface area contributed by atoms with E-state index in [9.17, 15) is 13.2 Å². The molecule has 19 heavy (non-hydrogen) atoms. The van der Waals surface area contributed by atoms with Gasteiger partial charge in [-0.05, 0) is 25.0 Å². The maximum atomic E-state index is 11.6. The standard InChI is InChI=1S/C12H19NO4S2/c1-3-4-9-17-12(14)11-6-5-10(18-11)7-8-13-19(2,15)16/h5-6,13H,3-4,7-9H2,1-2H3. The van der Waals surface area contributed by atoms with Gasteiger partial charge in [-0.2, -0.15) is 0 Å². The van der Waals surface area contributed by atoms with Gasteiger partial charge in [-0.25, -0.2) is 17.9 Å². The third-order valence-corrected chi connectivity index (χ3v) is 4.18. The summed E-state index contributed by atoms with van der Waals surface area (Å²) in [5, 5.41) is 0. The van der Waals surface area contributed by atoms with Crippen molar-refractivity contribution in [3.05, 3.63) is 21.9 Å². The van der Waals surface area contributed by atoms with Crippen LogP contribution in [0.2, 0.25) is 0 Å². The van der Waals surface area contributed by atoms with Crippen molar-refractivity contribution in [3.8, 4) is 0 Å². The summed E-state index contributed by atoms with van der Waals surface area (Å²) in [6, 6.07) is 3.54. The van der Waals surface area contributed by atoms with Gasteiger partial charge in [0.05, 0.1) is 12.9 Å². The van der Waals surface area contributed by atoms with E-state index in [2.05, 4.69) is 4.72 Å². The molecule has 5 nitrogen and oxygen atoms in total. The van der Waals surface area contributed by atoms with Gasteiger partial charge in [-0.3, -0.25) is 0 Å². The molecule has 1 heterocycles. The van der Waals surface area contributed by atoms with E-state index in [1.54, 1.807) is 6.07 Å². The van der Waals surface area contributed by atoms with E-state index in [1.807, 2.05) is 13.0 Å². The van der Waals surface area contributed by atoms with E-state index in [4.69, 9.17) is 4.74 Å². The lowest BCUT2D eigenvalue weighted by Crippen LogP contribution is -2.23. The van der Waals surface area contributed by atoms with Crippen LogP contribution in [0.4, 0.5) is 0 Å². The van der Waals surface area contributed by atoms with Gasteiger partial charge in [0.25, 0.3) is 0 Å². The highest BCUT2D eigenvalue weighted by molar-refractivity contribution is 7.88. The number of hydrogen-bond donors (Lipinski definition) is 1. The van der Waals surface area contributed by atoms with Gasteiger partial charge in [-0.15, -0.1) is 11.3 Å². The second-order valence-electron chi connectivity index (χ2n) is 4.17. The fourth-order valence-electron chi connectivity index (χ4n) is 1.36. The van der Waals surface area contributed by atoms with Crippen molar-refractivity contribution in [1.82, 2.24) is 4.72 Å². The van der Waals surface area contributed by atoms with Gasteiger partial charge in [-0.1, -0.05) is 13.3 Å². The normalized spacial score (nSPS) is 11.5. The molecule has 0 radical (unpaired) electrons. The Morgan fingerprint density at radius 2 is 2.16 bits per heavy atom. The van der Waals surface area contributed by atoms with E-state index in [0.29, 0.717) is 24.4 Å². The monoisotopic (exact) mass is 305 g/mol. The van der Waals surface area contributed by atoms with Crippen molar-refractivity contribution in [3.63, 3.8) is 0 Å². The fraction of sp³-hybridized carbons (Fsp3) is 0.583. The van der Waals surface area contributed by atoms with Crippen LogP contribution in [0.25, 0.3) is 0 Å². The first-order valence-corrected chi connectivity index (χ1v) is 8.83. The van der Waals surface area contributed by atoms with Crippen LogP contribution in [-0.2, 0) is 21.2 Å². The number of ether oxygens (including phenoxy) is 1. The first-order valence-electron chi connectivity index (χ1n) is 6.13. The summed E-state index contributed by atoms with van der Waals surface area (Å²) in [6.45, 7) is 2.81. The Labute approximate surface area is 118 Å². The summed E-state index contributed by atoms with van der Waals surface area (Å²) in [5.74, 6) is -0.305. The summed E-state index contributed by atoms with van der Waals surface area (Å²) in [7, 11) is -3.16. The Morgan fingerprint density at radius 1 is 1.42 bits per heavy atom. The van der Waals surface area contributed by atoms with Gasteiger partial charge in [0.1, 0.15) is 4.88 Å². The molecule has 0 fully saturated rings. The average molecular weight is 305 g/mol. The van der Waals surface area contributed by atoms with E-state index in [1.165, 1.54) is 11.3 Å². The van der Waals surface area contributed by atoms with Crippen molar-refractivity contribution < 1.29 is 17.9 Å². The van der Waals surface area contributed by atoms with Gasteiger partial charge >= 0.3 is 5.97 Å². The maximum absolute atomic E-state index is 11.6. The average Bonchev–Trinajstić information content (AvgIpc) is 2.76. The molecular weight excluding hydrogens is 286 g/mol. The quantitative estimate of drug-likeness (QED) is 0.587. The Hall–Kier alpha value is -0.920. The van der Waals surface area contributed by atoms with Crippen LogP contribution >= 0.6 is 11.3 Å². The molecule has 0 aromatic carbocycles. The molecule has 1 aromatic rings. The maximum Gasteiger partial charge on any atom is 0.348 e. The number of sulfonamides is 1. The zero-order valence-electron chi connectivity index (χ0n) is 11.1. The molecule has 108 valence electrons. The van der Waals surface area contributed by atoms with Crippen molar-refractivity contribution in [1.29, 1.82) is 0 Å². The molecule has 0 aliphatic carbocycles. The lowest BCUT2D eigenvalue weighted by atomic mass is 10.3.